The van der Waals surface area contributed by atoms with Crippen molar-refractivity contribution < 1.29 is 4.79 Å². The molecule has 1 aliphatic heterocycles. The van der Waals surface area contributed by atoms with Crippen LogP contribution in [0.2, 0.25) is 0 Å². The molecule has 176 valence electrons. The molecule has 1 saturated heterocycles. The summed E-state index contributed by atoms with van der Waals surface area (Å²) in [6, 6.07) is 9.13. The van der Waals surface area contributed by atoms with Crippen LogP contribution in [0.3, 0.4) is 0 Å². The molecule has 1 aliphatic rings. The Morgan fingerprint density at radius 2 is 1.97 bits per heavy atom. The van der Waals surface area contributed by atoms with E-state index in [2.05, 4.69) is 29.9 Å². The molecule has 0 saturated carbocycles. The van der Waals surface area contributed by atoms with Gasteiger partial charge in [-0.2, -0.15) is 9.89 Å². The van der Waals surface area contributed by atoms with Crippen molar-refractivity contribution in [3.8, 4) is 0 Å². The summed E-state index contributed by atoms with van der Waals surface area (Å²) in [6.45, 7) is 3.31. The normalized spacial score (nSPS) is 14.7. The molecule has 5 aromatic rings. The average molecular weight is 470 g/mol. The molecule has 11 heteroatoms. The van der Waals surface area contributed by atoms with Gasteiger partial charge in [-0.15, -0.1) is 0 Å². The summed E-state index contributed by atoms with van der Waals surface area (Å²) in [7, 11) is 0. The van der Waals surface area contributed by atoms with Gasteiger partial charge < -0.3 is 10.7 Å². The molecule has 0 amide bonds. The van der Waals surface area contributed by atoms with Crippen LogP contribution in [0, 0.1) is 6.92 Å². The largest absolute Gasteiger partial charge is 0.356 e. The summed E-state index contributed by atoms with van der Waals surface area (Å²) < 4.78 is 1.80. The average Bonchev–Trinajstić information content (AvgIpc) is 3.42. The van der Waals surface area contributed by atoms with Crippen LogP contribution in [0.5, 0.6) is 0 Å². The summed E-state index contributed by atoms with van der Waals surface area (Å²) in [5.41, 5.74) is 3.79. The third-order valence-electron chi connectivity index (χ3n) is 6.67. The zero-order valence-corrected chi connectivity index (χ0v) is 19.0. The van der Waals surface area contributed by atoms with Gasteiger partial charge >= 0.3 is 5.69 Å². The van der Waals surface area contributed by atoms with E-state index in [4.69, 9.17) is 5.84 Å². The van der Waals surface area contributed by atoms with Gasteiger partial charge in [-0.25, -0.2) is 19.7 Å². The first-order chi connectivity index (χ1) is 17.0. The number of piperidine rings is 1. The van der Waals surface area contributed by atoms with Gasteiger partial charge in [0.25, 0.3) is 0 Å². The lowest BCUT2D eigenvalue weighted by atomic mass is 10.0. The SMILES string of the molecule is Cc1cc(C(=O)c2cc(N3CCC(n4c(=O)[nH]c5ncccc54)CC3)ncn2)cc2cnn(N)c12. The maximum Gasteiger partial charge on any atom is 0.327 e. The zero-order valence-electron chi connectivity index (χ0n) is 19.0. The Balaban J connectivity index is 1.22. The van der Waals surface area contributed by atoms with E-state index in [0.717, 1.165) is 34.8 Å². The quantitative estimate of drug-likeness (QED) is 0.301. The number of H-pyrrole nitrogens is 1. The number of imidazole rings is 1. The third-order valence-corrected chi connectivity index (χ3v) is 6.67. The molecule has 1 fully saturated rings. The number of hydrogen-bond acceptors (Lipinski definition) is 8. The first kappa shape index (κ1) is 21.0. The molecule has 0 spiro atoms. The third kappa shape index (κ3) is 3.52. The van der Waals surface area contributed by atoms with E-state index in [1.54, 1.807) is 35.2 Å². The number of benzene rings is 1. The highest BCUT2D eigenvalue weighted by Crippen LogP contribution is 2.27. The predicted octanol–water partition coefficient (Wildman–Crippen LogP) is 1.96. The van der Waals surface area contributed by atoms with Gasteiger partial charge in [-0.1, -0.05) is 0 Å². The fraction of sp³-hybridized carbons (Fsp3) is 0.250. The Morgan fingerprint density at radius 3 is 2.80 bits per heavy atom. The van der Waals surface area contributed by atoms with Crippen molar-refractivity contribution >= 4 is 33.7 Å². The smallest absolute Gasteiger partial charge is 0.327 e. The second kappa shape index (κ2) is 8.05. The van der Waals surface area contributed by atoms with Crippen LogP contribution in [0.15, 0.2) is 53.8 Å². The molecule has 35 heavy (non-hydrogen) atoms. The summed E-state index contributed by atoms with van der Waals surface area (Å²) >= 11 is 0. The highest BCUT2D eigenvalue weighted by atomic mass is 16.1. The number of nitrogens with zero attached hydrogens (tertiary/aromatic N) is 7. The number of rotatable bonds is 4. The van der Waals surface area contributed by atoms with Crippen molar-refractivity contribution in [1.82, 2.24) is 34.4 Å². The minimum absolute atomic E-state index is 0.0674. The van der Waals surface area contributed by atoms with Gasteiger partial charge in [0.05, 0.1) is 17.2 Å². The van der Waals surface area contributed by atoms with Gasteiger partial charge in [0.1, 0.15) is 17.8 Å². The first-order valence-electron chi connectivity index (χ1n) is 11.4. The van der Waals surface area contributed by atoms with Crippen LogP contribution < -0.4 is 16.4 Å². The van der Waals surface area contributed by atoms with Crippen LogP contribution in [0.25, 0.3) is 22.1 Å². The molecular weight excluding hydrogens is 446 g/mol. The highest BCUT2D eigenvalue weighted by molar-refractivity contribution is 6.10. The van der Waals surface area contributed by atoms with E-state index >= 15 is 0 Å². The number of hydrogen-bond donors (Lipinski definition) is 2. The van der Waals surface area contributed by atoms with Gasteiger partial charge in [-0.3, -0.25) is 14.3 Å². The number of carbonyl (C=O) groups excluding carboxylic acids is 1. The minimum atomic E-state index is -0.184. The minimum Gasteiger partial charge on any atom is -0.356 e. The number of aromatic nitrogens is 7. The highest BCUT2D eigenvalue weighted by Gasteiger charge is 2.25. The van der Waals surface area contributed by atoms with Crippen LogP contribution in [0.4, 0.5) is 5.82 Å². The summed E-state index contributed by atoms with van der Waals surface area (Å²) in [5, 5.41) is 4.88. The van der Waals surface area contributed by atoms with Crippen molar-refractivity contribution in [1.29, 1.82) is 0 Å². The number of nitrogens with one attached hydrogen (secondary N) is 1. The Labute approximate surface area is 199 Å². The standard InChI is InChI=1S/C24H23N9O2/c1-14-9-15(10-16-12-29-33(25)21(14)16)22(34)18-11-20(28-13-27-18)31-7-4-17(5-8-31)32-19-3-2-6-26-23(19)30-24(32)35/h2-3,6,9-13,17H,4-5,7-8,25H2,1H3,(H,26,30,35). The molecule has 0 bridgehead atoms. The van der Waals surface area contributed by atoms with Gasteiger partial charge in [0.15, 0.2) is 5.65 Å². The first-order valence-corrected chi connectivity index (χ1v) is 11.4. The van der Waals surface area contributed by atoms with E-state index in [1.165, 1.54) is 11.1 Å². The molecule has 5 heterocycles. The second-order valence-corrected chi connectivity index (χ2v) is 8.80. The Morgan fingerprint density at radius 1 is 1.14 bits per heavy atom. The maximum atomic E-state index is 13.2. The maximum absolute atomic E-state index is 13.2. The summed E-state index contributed by atoms with van der Waals surface area (Å²) in [5.74, 6) is 6.38. The number of anilines is 1. The van der Waals surface area contributed by atoms with E-state index in [-0.39, 0.29) is 17.5 Å². The van der Waals surface area contributed by atoms with Gasteiger partial charge in [0.2, 0.25) is 5.78 Å². The Kier molecular flexibility index (Phi) is 4.83. The Hall–Kier alpha value is -4.54. The summed E-state index contributed by atoms with van der Waals surface area (Å²) in [6.07, 6.45) is 6.28. The van der Waals surface area contributed by atoms with Crippen LogP contribution >= 0.6 is 0 Å². The van der Waals surface area contributed by atoms with E-state index in [1.807, 2.05) is 19.1 Å². The van der Waals surface area contributed by atoms with E-state index in [9.17, 15) is 9.59 Å². The predicted molar refractivity (Wildman–Crippen MR) is 131 cm³/mol. The number of nitrogens with two attached hydrogens (primary N) is 1. The van der Waals surface area contributed by atoms with Gasteiger partial charge in [0, 0.05) is 42.3 Å². The number of fused-ring (bicyclic) bond motifs is 2. The van der Waals surface area contributed by atoms with Crippen LogP contribution in [0.1, 0.15) is 40.5 Å². The molecule has 1 aromatic carbocycles. The molecular formula is C24H23N9O2. The number of ketones is 1. The van der Waals surface area contributed by atoms with Crippen molar-refractivity contribution in [2.75, 3.05) is 23.8 Å². The molecule has 11 nitrogen and oxygen atoms in total. The number of pyridine rings is 1. The zero-order chi connectivity index (χ0) is 24.1. The summed E-state index contributed by atoms with van der Waals surface area (Å²) in [4.78, 5) is 44.9. The molecule has 0 aliphatic carbocycles. The monoisotopic (exact) mass is 469 g/mol. The lowest BCUT2D eigenvalue weighted by Crippen LogP contribution is -2.37. The lowest BCUT2D eigenvalue weighted by molar-refractivity contribution is 0.103. The van der Waals surface area contributed by atoms with Crippen molar-refractivity contribution in [3.05, 3.63) is 76.4 Å². The molecule has 4 aromatic heterocycles. The van der Waals surface area contributed by atoms with Crippen molar-refractivity contribution in [2.45, 2.75) is 25.8 Å². The van der Waals surface area contributed by atoms with Crippen LogP contribution in [-0.4, -0.2) is 53.3 Å². The topological polar surface area (TPSA) is 141 Å². The fourth-order valence-corrected chi connectivity index (χ4v) is 5.00. The van der Waals surface area contributed by atoms with Crippen molar-refractivity contribution in [3.63, 3.8) is 0 Å². The molecule has 3 N–H and O–H groups in total. The number of aromatic amines is 1. The number of aryl methyl sites for hydroxylation is 1. The molecule has 0 unspecified atom stereocenters. The number of carbonyl (C=O) groups is 1. The lowest BCUT2D eigenvalue weighted by Gasteiger charge is -2.33. The Bertz CT molecular complexity index is 1640. The molecule has 0 atom stereocenters. The van der Waals surface area contributed by atoms with E-state index in [0.29, 0.717) is 35.8 Å². The molecule has 0 radical (unpaired) electrons. The molecule has 6 rings (SSSR count). The van der Waals surface area contributed by atoms with Crippen LogP contribution in [-0.2, 0) is 0 Å². The van der Waals surface area contributed by atoms with Crippen molar-refractivity contribution in [2.24, 2.45) is 0 Å². The van der Waals surface area contributed by atoms with Gasteiger partial charge in [-0.05, 0) is 49.6 Å². The number of nitrogen functional groups attached to an aromatic ring is 1. The van der Waals surface area contributed by atoms with E-state index < -0.39 is 0 Å². The fourth-order valence-electron chi connectivity index (χ4n) is 5.00. The second-order valence-electron chi connectivity index (χ2n) is 8.80.